The fraction of sp³-hybridized carbons (Fsp3) is 0.200. The van der Waals surface area contributed by atoms with Crippen LogP contribution >= 0.6 is 0 Å². The molecule has 1 atom stereocenters. The third kappa shape index (κ3) is 5.03. The topological polar surface area (TPSA) is 62.1 Å². The predicted octanol–water partition coefficient (Wildman–Crippen LogP) is 5.11. The average molecular weight is 384 g/mol. The average Bonchev–Trinajstić information content (AvgIpc) is 2.78. The summed E-state index contributed by atoms with van der Waals surface area (Å²) in [6.07, 6.45) is 0.525. The monoisotopic (exact) mass is 384 g/mol. The van der Waals surface area contributed by atoms with Gasteiger partial charge in [-0.1, -0.05) is 73.7 Å². The molecule has 0 aliphatic heterocycles. The van der Waals surface area contributed by atoms with E-state index in [4.69, 9.17) is 4.74 Å². The normalized spacial score (nSPS) is 11.5. The molecule has 0 spiro atoms. The van der Waals surface area contributed by atoms with Crippen molar-refractivity contribution in [1.82, 2.24) is 0 Å². The number of esters is 1. The van der Waals surface area contributed by atoms with Gasteiger partial charge in [0.2, 0.25) is 0 Å². The summed E-state index contributed by atoms with van der Waals surface area (Å²) < 4.78 is 4.88. The van der Waals surface area contributed by atoms with Gasteiger partial charge in [-0.3, -0.25) is 4.79 Å². The number of benzene rings is 3. The second-order valence-corrected chi connectivity index (χ2v) is 7.01. The van der Waals surface area contributed by atoms with Crippen LogP contribution in [-0.2, 0) is 16.0 Å². The highest BCUT2D eigenvalue weighted by atomic mass is 16.5. The number of hydrogen-bond acceptors (Lipinski definition) is 4. The summed E-state index contributed by atoms with van der Waals surface area (Å²) in [5, 5.41) is 13.0. The van der Waals surface area contributed by atoms with Gasteiger partial charge in [-0.15, -0.1) is 0 Å². The second-order valence-electron chi connectivity index (χ2n) is 7.01. The molecule has 4 heteroatoms. The van der Waals surface area contributed by atoms with Gasteiger partial charge in [-0.25, -0.2) is 0 Å². The molecule has 3 aromatic carbocycles. The number of anilines is 1. The van der Waals surface area contributed by atoms with Gasteiger partial charge < -0.3 is 10.1 Å². The first-order chi connectivity index (χ1) is 14.1. The van der Waals surface area contributed by atoms with E-state index in [2.05, 4.69) is 35.7 Å². The van der Waals surface area contributed by atoms with Crippen LogP contribution in [0.3, 0.4) is 0 Å². The first kappa shape index (κ1) is 20.2. The van der Waals surface area contributed by atoms with Crippen LogP contribution in [0.15, 0.2) is 78.9 Å². The summed E-state index contributed by atoms with van der Waals surface area (Å²) in [5.41, 5.74) is 4.62. The van der Waals surface area contributed by atoms with Gasteiger partial charge in [0, 0.05) is 5.69 Å². The van der Waals surface area contributed by atoms with Crippen LogP contribution in [-0.4, -0.2) is 13.1 Å². The number of nitrogens with one attached hydrogen (secondary N) is 1. The molecule has 29 heavy (non-hydrogen) atoms. The summed E-state index contributed by atoms with van der Waals surface area (Å²) in [5.74, 6) is -0.525. The smallest absolute Gasteiger partial charge is 0.308 e. The molecule has 0 heterocycles. The Hall–Kier alpha value is -3.58. The van der Waals surface area contributed by atoms with Crippen molar-refractivity contribution in [3.05, 3.63) is 101 Å². The van der Waals surface area contributed by atoms with Crippen molar-refractivity contribution in [1.29, 1.82) is 5.26 Å². The lowest BCUT2D eigenvalue weighted by atomic mass is 9.95. The molecular weight excluding hydrogens is 360 g/mol. The number of hydrogen-bond donors (Lipinski definition) is 1. The predicted molar refractivity (Wildman–Crippen MR) is 114 cm³/mol. The third-order valence-electron chi connectivity index (χ3n) is 4.93. The molecule has 0 amide bonds. The molecule has 0 aliphatic rings. The third-order valence-corrected chi connectivity index (χ3v) is 4.93. The van der Waals surface area contributed by atoms with E-state index in [9.17, 15) is 10.1 Å². The number of carbonyl (C=O) groups excluding carboxylic acids is 1. The van der Waals surface area contributed by atoms with E-state index in [-0.39, 0.29) is 17.9 Å². The number of nitrogens with zero attached hydrogens (tertiary/aromatic N) is 1. The molecule has 0 saturated heterocycles. The molecule has 3 rings (SSSR count). The zero-order chi connectivity index (χ0) is 20.6. The zero-order valence-corrected chi connectivity index (χ0v) is 16.6. The highest BCUT2D eigenvalue weighted by Gasteiger charge is 2.19. The summed E-state index contributed by atoms with van der Waals surface area (Å²) in [6, 6.07) is 28.0. The lowest BCUT2D eigenvalue weighted by Crippen LogP contribution is -2.18. The van der Waals surface area contributed by atoms with Crippen LogP contribution < -0.4 is 5.32 Å². The Kier molecular flexibility index (Phi) is 6.65. The highest BCUT2D eigenvalue weighted by Crippen LogP contribution is 2.30. The van der Waals surface area contributed by atoms with Crippen molar-refractivity contribution in [2.75, 3.05) is 12.4 Å². The number of rotatable bonds is 7. The van der Waals surface area contributed by atoms with Gasteiger partial charge in [0.15, 0.2) is 0 Å². The Bertz CT molecular complexity index is 955. The Labute approximate surface area is 171 Å². The molecule has 0 radical (unpaired) electrons. The van der Waals surface area contributed by atoms with Crippen LogP contribution in [0.1, 0.15) is 35.2 Å². The summed E-state index contributed by atoms with van der Waals surface area (Å²) in [4.78, 5) is 11.9. The maximum Gasteiger partial charge on any atom is 0.308 e. The van der Waals surface area contributed by atoms with Crippen molar-refractivity contribution in [2.24, 2.45) is 5.92 Å². The molecule has 1 N–H and O–H groups in total. The molecule has 146 valence electrons. The van der Waals surface area contributed by atoms with Gasteiger partial charge >= 0.3 is 5.97 Å². The van der Waals surface area contributed by atoms with Crippen molar-refractivity contribution in [3.63, 3.8) is 0 Å². The Balaban J connectivity index is 2.00. The molecule has 3 aromatic rings. The molecule has 1 unspecified atom stereocenters. The van der Waals surface area contributed by atoms with Crippen molar-refractivity contribution < 1.29 is 9.53 Å². The number of nitriles is 1. The fourth-order valence-corrected chi connectivity index (χ4v) is 3.38. The van der Waals surface area contributed by atoms with Crippen LogP contribution in [0, 0.1) is 17.2 Å². The summed E-state index contributed by atoms with van der Waals surface area (Å²) in [7, 11) is 1.40. The Morgan fingerprint density at radius 2 is 1.59 bits per heavy atom. The minimum absolute atomic E-state index is 0.0847. The van der Waals surface area contributed by atoms with Gasteiger partial charge in [0.25, 0.3) is 0 Å². The van der Waals surface area contributed by atoms with Crippen molar-refractivity contribution in [3.8, 4) is 6.07 Å². The van der Waals surface area contributed by atoms with Gasteiger partial charge in [-0.2, -0.15) is 5.26 Å². The second kappa shape index (κ2) is 9.57. The quantitative estimate of drug-likeness (QED) is 0.575. The van der Waals surface area contributed by atoms with Crippen molar-refractivity contribution in [2.45, 2.75) is 19.4 Å². The zero-order valence-electron chi connectivity index (χ0n) is 16.6. The highest BCUT2D eigenvalue weighted by molar-refractivity contribution is 5.73. The minimum Gasteiger partial charge on any atom is -0.469 e. The van der Waals surface area contributed by atoms with Gasteiger partial charge in [0.1, 0.15) is 0 Å². The Morgan fingerprint density at radius 3 is 2.10 bits per heavy atom. The molecule has 0 bridgehead atoms. The maximum absolute atomic E-state index is 11.9. The number of methoxy groups -OCH3 is 1. The van der Waals surface area contributed by atoms with E-state index >= 15 is 0 Å². The first-order valence-electron chi connectivity index (χ1n) is 9.59. The molecule has 0 saturated carbocycles. The molecule has 0 aliphatic carbocycles. The van der Waals surface area contributed by atoms with Crippen LogP contribution in [0.5, 0.6) is 0 Å². The summed E-state index contributed by atoms with van der Waals surface area (Å²) in [6.45, 7) is 1.85. The summed E-state index contributed by atoms with van der Waals surface area (Å²) >= 11 is 0. The Morgan fingerprint density at radius 1 is 1.00 bits per heavy atom. The lowest BCUT2D eigenvalue weighted by molar-refractivity contribution is -0.144. The van der Waals surface area contributed by atoms with Crippen molar-refractivity contribution >= 4 is 11.7 Å². The van der Waals surface area contributed by atoms with Crippen LogP contribution in [0.25, 0.3) is 0 Å². The van der Waals surface area contributed by atoms with Gasteiger partial charge in [-0.05, 0) is 35.2 Å². The van der Waals surface area contributed by atoms with E-state index in [0.29, 0.717) is 12.0 Å². The van der Waals surface area contributed by atoms with Crippen LogP contribution in [0.2, 0.25) is 0 Å². The number of carbonyl (C=O) groups is 1. The minimum atomic E-state index is -0.277. The molecule has 4 nitrogen and oxygen atoms in total. The van der Waals surface area contributed by atoms with E-state index in [0.717, 1.165) is 22.4 Å². The first-order valence-corrected chi connectivity index (χ1v) is 9.59. The standard InChI is InChI=1S/C25H24N2O2/c1-18(25(28)29-2)15-22-14-13-19(17-26)16-23(22)27-24(20-9-5-3-6-10-20)21-11-7-4-8-12-21/h3-14,16,18,24,27H,15H2,1-2H3. The largest absolute Gasteiger partial charge is 0.469 e. The van der Waals surface area contributed by atoms with Crippen LogP contribution in [0.4, 0.5) is 5.69 Å². The van der Waals surface area contributed by atoms with E-state index < -0.39 is 0 Å². The van der Waals surface area contributed by atoms with E-state index in [1.807, 2.05) is 55.5 Å². The van der Waals surface area contributed by atoms with E-state index in [1.54, 1.807) is 6.07 Å². The SMILES string of the molecule is COC(=O)C(C)Cc1ccc(C#N)cc1NC(c1ccccc1)c1ccccc1. The van der Waals surface area contributed by atoms with Gasteiger partial charge in [0.05, 0.1) is 30.7 Å². The maximum atomic E-state index is 11.9. The fourth-order valence-electron chi connectivity index (χ4n) is 3.38. The molecular formula is C25H24N2O2. The molecule has 0 aromatic heterocycles. The number of ether oxygens (including phenoxy) is 1. The lowest BCUT2D eigenvalue weighted by Gasteiger charge is -2.24. The molecule has 0 fully saturated rings. The van der Waals surface area contributed by atoms with E-state index in [1.165, 1.54) is 7.11 Å².